The molecule has 104 valence electrons. The van der Waals surface area contributed by atoms with Gasteiger partial charge in [-0.25, -0.2) is 0 Å². The highest BCUT2D eigenvalue weighted by Crippen LogP contribution is 2.28. The molecule has 3 heteroatoms. The molecule has 3 nitrogen and oxygen atoms in total. The van der Waals surface area contributed by atoms with Crippen LogP contribution in [0.4, 0.5) is 0 Å². The lowest BCUT2D eigenvalue weighted by molar-refractivity contribution is -0.132. The normalized spacial score (nSPS) is 24.8. The van der Waals surface area contributed by atoms with E-state index in [9.17, 15) is 4.79 Å². The monoisotopic (exact) mass is 260 g/mol. The van der Waals surface area contributed by atoms with Crippen molar-refractivity contribution in [1.29, 1.82) is 0 Å². The summed E-state index contributed by atoms with van der Waals surface area (Å²) in [5.74, 6) is 0.221. The van der Waals surface area contributed by atoms with Crippen LogP contribution in [0, 0.1) is 0 Å². The van der Waals surface area contributed by atoms with Crippen LogP contribution >= 0.6 is 0 Å². The first-order valence-electron chi connectivity index (χ1n) is 7.32. The van der Waals surface area contributed by atoms with Gasteiger partial charge in [-0.15, -0.1) is 0 Å². The van der Waals surface area contributed by atoms with Crippen LogP contribution in [0.2, 0.25) is 0 Å². The van der Waals surface area contributed by atoms with Crippen LogP contribution in [0.1, 0.15) is 51.6 Å². The van der Waals surface area contributed by atoms with Crippen molar-refractivity contribution in [2.45, 2.75) is 58.3 Å². The number of hydrogen-bond acceptors (Lipinski definition) is 2. The average Bonchev–Trinajstić information content (AvgIpc) is 2.77. The standard InChI is InChI=1S/C16H24N2O/c1-4-9-12(3)18-14(5-2)17-15(16(18)19)13-10-7-6-8-11-13/h6-8,10-12,14-15,17H,4-5,9H2,1-3H3. The fourth-order valence-electron chi connectivity index (χ4n) is 2.93. The molecular weight excluding hydrogens is 236 g/mol. The maximum Gasteiger partial charge on any atom is 0.245 e. The Morgan fingerprint density at radius 3 is 2.53 bits per heavy atom. The van der Waals surface area contributed by atoms with Crippen LogP contribution in [0.5, 0.6) is 0 Å². The molecule has 3 unspecified atom stereocenters. The summed E-state index contributed by atoms with van der Waals surface area (Å²) in [6.07, 6.45) is 3.28. The first-order chi connectivity index (χ1) is 9.19. The molecule has 1 fully saturated rings. The maximum absolute atomic E-state index is 12.7. The molecule has 0 spiro atoms. The van der Waals surface area contributed by atoms with E-state index in [1.54, 1.807) is 0 Å². The highest BCUT2D eigenvalue weighted by atomic mass is 16.2. The van der Waals surface area contributed by atoms with Crippen molar-refractivity contribution in [1.82, 2.24) is 10.2 Å². The van der Waals surface area contributed by atoms with Crippen LogP contribution in [0.25, 0.3) is 0 Å². The number of nitrogens with zero attached hydrogens (tertiary/aromatic N) is 1. The molecule has 1 N–H and O–H groups in total. The molecule has 0 bridgehead atoms. The van der Waals surface area contributed by atoms with Crippen LogP contribution in [-0.4, -0.2) is 23.0 Å². The zero-order chi connectivity index (χ0) is 13.8. The first-order valence-corrected chi connectivity index (χ1v) is 7.32. The molecule has 1 heterocycles. The van der Waals surface area contributed by atoms with Gasteiger partial charge in [-0.1, -0.05) is 50.6 Å². The lowest BCUT2D eigenvalue weighted by atomic mass is 10.1. The van der Waals surface area contributed by atoms with Crippen LogP contribution in [0.15, 0.2) is 30.3 Å². The van der Waals surface area contributed by atoms with E-state index in [2.05, 4.69) is 26.1 Å². The van der Waals surface area contributed by atoms with Gasteiger partial charge in [-0.3, -0.25) is 10.1 Å². The van der Waals surface area contributed by atoms with Crippen molar-refractivity contribution < 1.29 is 4.79 Å². The third kappa shape index (κ3) is 2.81. The molecule has 1 amide bonds. The van der Waals surface area contributed by atoms with Gasteiger partial charge in [0.15, 0.2) is 0 Å². The Morgan fingerprint density at radius 2 is 1.95 bits per heavy atom. The van der Waals surface area contributed by atoms with Gasteiger partial charge in [-0.05, 0) is 25.3 Å². The SMILES string of the molecule is CCCC(C)N1C(=O)C(c2ccccc2)NC1CC. The lowest BCUT2D eigenvalue weighted by Crippen LogP contribution is -2.42. The fraction of sp³-hybridized carbons (Fsp3) is 0.562. The Kier molecular flexibility index (Phi) is 4.59. The first kappa shape index (κ1) is 14.1. The number of carbonyl (C=O) groups is 1. The number of benzene rings is 1. The van der Waals surface area contributed by atoms with E-state index in [0.717, 1.165) is 24.8 Å². The van der Waals surface area contributed by atoms with Crippen molar-refractivity contribution in [3.63, 3.8) is 0 Å². The van der Waals surface area contributed by atoms with Gasteiger partial charge in [0.1, 0.15) is 6.04 Å². The smallest absolute Gasteiger partial charge is 0.245 e. The minimum absolute atomic E-state index is 0.166. The van der Waals surface area contributed by atoms with E-state index >= 15 is 0 Å². The predicted molar refractivity (Wildman–Crippen MR) is 77.6 cm³/mol. The van der Waals surface area contributed by atoms with Gasteiger partial charge in [0, 0.05) is 6.04 Å². The van der Waals surface area contributed by atoms with Crippen LogP contribution in [0.3, 0.4) is 0 Å². The summed E-state index contributed by atoms with van der Waals surface area (Å²) in [5, 5.41) is 3.47. The molecule has 3 atom stereocenters. The molecule has 1 aliphatic heterocycles. The maximum atomic E-state index is 12.7. The summed E-state index contributed by atoms with van der Waals surface area (Å²) in [7, 11) is 0. The van der Waals surface area contributed by atoms with Crippen molar-refractivity contribution in [2.24, 2.45) is 0 Å². The number of hydrogen-bond donors (Lipinski definition) is 1. The molecule has 1 aromatic rings. The summed E-state index contributed by atoms with van der Waals surface area (Å²) in [5.41, 5.74) is 1.07. The number of carbonyl (C=O) groups excluding carboxylic acids is 1. The third-order valence-corrected chi connectivity index (χ3v) is 3.90. The van der Waals surface area contributed by atoms with E-state index in [1.807, 2.05) is 35.2 Å². The molecule has 1 saturated heterocycles. The number of nitrogens with one attached hydrogen (secondary N) is 1. The average molecular weight is 260 g/mol. The van der Waals surface area contributed by atoms with Crippen molar-refractivity contribution in [3.05, 3.63) is 35.9 Å². The van der Waals surface area contributed by atoms with Crippen molar-refractivity contribution in [2.75, 3.05) is 0 Å². The molecule has 0 aromatic heterocycles. The molecule has 2 rings (SSSR count). The van der Waals surface area contributed by atoms with Crippen molar-refractivity contribution in [3.8, 4) is 0 Å². The second-order valence-electron chi connectivity index (χ2n) is 5.32. The molecule has 0 radical (unpaired) electrons. The minimum atomic E-state index is -0.176. The van der Waals surface area contributed by atoms with E-state index in [0.29, 0.717) is 6.04 Å². The van der Waals surface area contributed by atoms with E-state index in [4.69, 9.17) is 0 Å². The molecule has 19 heavy (non-hydrogen) atoms. The van der Waals surface area contributed by atoms with Gasteiger partial charge in [0.05, 0.1) is 6.17 Å². The Bertz CT molecular complexity index is 418. The summed E-state index contributed by atoms with van der Waals surface area (Å²) in [6, 6.07) is 10.1. The second-order valence-corrected chi connectivity index (χ2v) is 5.32. The quantitative estimate of drug-likeness (QED) is 0.882. The Balaban J connectivity index is 2.20. The highest BCUT2D eigenvalue weighted by Gasteiger charge is 2.40. The molecule has 1 aromatic carbocycles. The predicted octanol–water partition coefficient (Wildman–Crippen LogP) is 3.08. The molecular formula is C16H24N2O. The van der Waals surface area contributed by atoms with Crippen LogP contribution < -0.4 is 5.32 Å². The summed E-state index contributed by atoms with van der Waals surface area (Å²) in [6.45, 7) is 6.45. The Labute approximate surface area is 116 Å². The molecule has 1 aliphatic rings. The van der Waals surface area contributed by atoms with Gasteiger partial charge < -0.3 is 4.90 Å². The topological polar surface area (TPSA) is 32.3 Å². The summed E-state index contributed by atoms with van der Waals surface area (Å²) >= 11 is 0. The van der Waals surface area contributed by atoms with Gasteiger partial charge in [0.2, 0.25) is 5.91 Å². The van der Waals surface area contributed by atoms with E-state index in [1.165, 1.54) is 0 Å². The van der Waals surface area contributed by atoms with E-state index in [-0.39, 0.29) is 18.1 Å². The zero-order valence-electron chi connectivity index (χ0n) is 12.1. The van der Waals surface area contributed by atoms with Crippen molar-refractivity contribution >= 4 is 5.91 Å². The minimum Gasteiger partial charge on any atom is -0.323 e. The fourth-order valence-corrected chi connectivity index (χ4v) is 2.93. The number of amides is 1. The van der Waals surface area contributed by atoms with Gasteiger partial charge >= 0.3 is 0 Å². The zero-order valence-corrected chi connectivity index (χ0v) is 12.1. The Hall–Kier alpha value is -1.35. The third-order valence-electron chi connectivity index (χ3n) is 3.90. The molecule has 0 aliphatic carbocycles. The van der Waals surface area contributed by atoms with Gasteiger partial charge in [0.25, 0.3) is 0 Å². The second kappa shape index (κ2) is 6.20. The van der Waals surface area contributed by atoms with Gasteiger partial charge in [-0.2, -0.15) is 0 Å². The summed E-state index contributed by atoms with van der Waals surface area (Å²) in [4.78, 5) is 14.7. The highest BCUT2D eigenvalue weighted by molar-refractivity contribution is 5.86. The van der Waals surface area contributed by atoms with E-state index < -0.39 is 0 Å². The largest absolute Gasteiger partial charge is 0.323 e. The Morgan fingerprint density at radius 1 is 1.26 bits per heavy atom. The van der Waals surface area contributed by atoms with Crippen LogP contribution in [-0.2, 0) is 4.79 Å². The number of rotatable bonds is 5. The summed E-state index contributed by atoms with van der Waals surface area (Å²) < 4.78 is 0. The molecule has 0 saturated carbocycles. The lowest BCUT2D eigenvalue weighted by Gasteiger charge is -2.29.